The third-order valence-corrected chi connectivity index (χ3v) is 6.28. The molecule has 1 amide bonds. The van der Waals surface area contributed by atoms with Gasteiger partial charge in [0.25, 0.3) is 5.91 Å². The van der Waals surface area contributed by atoms with Crippen molar-refractivity contribution in [3.8, 4) is 16.9 Å². The number of hydrogen-bond acceptors (Lipinski definition) is 6. The van der Waals surface area contributed by atoms with Crippen molar-refractivity contribution in [1.29, 1.82) is 0 Å². The van der Waals surface area contributed by atoms with Crippen molar-refractivity contribution < 1.29 is 23.8 Å². The van der Waals surface area contributed by atoms with E-state index in [1.165, 1.54) is 14.2 Å². The molecule has 3 aromatic carbocycles. The maximum absolute atomic E-state index is 12.8. The summed E-state index contributed by atoms with van der Waals surface area (Å²) in [5, 5.41) is 4.39. The Balaban J connectivity index is 1.39. The van der Waals surface area contributed by atoms with Crippen molar-refractivity contribution >= 4 is 34.3 Å². The quantitative estimate of drug-likeness (QED) is 0.380. The third kappa shape index (κ3) is 4.63. The van der Waals surface area contributed by atoms with Crippen molar-refractivity contribution in [2.45, 2.75) is 0 Å². The van der Waals surface area contributed by atoms with Crippen molar-refractivity contribution in [3.05, 3.63) is 77.9 Å². The highest BCUT2D eigenvalue weighted by Crippen LogP contribution is 2.32. The fraction of sp³-hybridized carbons (Fsp3) is 0.214. The number of ether oxygens (including phenoxy) is 3. The number of benzene rings is 3. The number of hydrogen-bond donors (Lipinski definition) is 2. The number of morpholine rings is 1. The van der Waals surface area contributed by atoms with E-state index in [-0.39, 0.29) is 5.91 Å². The van der Waals surface area contributed by atoms with Crippen LogP contribution in [0.2, 0.25) is 0 Å². The SMILES string of the molecule is COC(=O)c1ccc(Nc2cc3cccc(-c4ccc(C(=O)N5CCOCC5)cc4)c3[nH]2)cc1OC. The lowest BCUT2D eigenvalue weighted by molar-refractivity contribution is 0.0303. The number of aromatic nitrogens is 1. The normalized spacial score (nSPS) is 13.4. The molecule has 5 rings (SSSR count). The Labute approximate surface area is 208 Å². The number of carbonyl (C=O) groups is 2. The number of amides is 1. The molecule has 0 aliphatic carbocycles. The van der Waals surface area contributed by atoms with E-state index in [2.05, 4.69) is 16.4 Å². The smallest absolute Gasteiger partial charge is 0.341 e. The highest BCUT2D eigenvalue weighted by atomic mass is 16.5. The van der Waals surface area contributed by atoms with E-state index >= 15 is 0 Å². The number of rotatable bonds is 6. The molecule has 1 aliphatic rings. The topological polar surface area (TPSA) is 92.9 Å². The van der Waals surface area contributed by atoms with Crippen LogP contribution in [-0.2, 0) is 9.47 Å². The van der Waals surface area contributed by atoms with Crippen LogP contribution in [0.4, 0.5) is 11.5 Å². The van der Waals surface area contributed by atoms with Crippen molar-refractivity contribution in [2.24, 2.45) is 0 Å². The van der Waals surface area contributed by atoms with Crippen LogP contribution in [0.25, 0.3) is 22.0 Å². The van der Waals surface area contributed by atoms with Crippen LogP contribution in [0.5, 0.6) is 5.75 Å². The van der Waals surface area contributed by atoms with Gasteiger partial charge in [-0.3, -0.25) is 4.79 Å². The molecular formula is C28H27N3O5. The largest absolute Gasteiger partial charge is 0.496 e. The highest BCUT2D eigenvalue weighted by molar-refractivity contribution is 5.99. The standard InChI is InChI=1S/C28H27N3O5/c1-34-24-17-21(10-11-23(24)28(33)35-2)29-25-16-20-4-3-5-22(26(20)30-25)18-6-8-19(9-7-18)27(32)31-12-14-36-15-13-31/h3-11,16-17,29-30H,12-15H2,1-2H3. The zero-order valence-corrected chi connectivity index (χ0v) is 20.2. The molecule has 4 aromatic rings. The van der Waals surface area contributed by atoms with Crippen LogP contribution in [0.1, 0.15) is 20.7 Å². The highest BCUT2D eigenvalue weighted by Gasteiger charge is 2.19. The second kappa shape index (κ2) is 10.1. The maximum Gasteiger partial charge on any atom is 0.341 e. The zero-order chi connectivity index (χ0) is 25.1. The number of esters is 1. The number of fused-ring (bicyclic) bond motifs is 1. The van der Waals surface area contributed by atoms with Crippen LogP contribution in [0.3, 0.4) is 0 Å². The molecule has 8 nitrogen and oxygen atoms in total. The number of aromatic amines is 1. The van der Waals surface area contributed by atoms with Gasteiger partial charge in [-0.15, -0.1) is 0 Å². The molecule has 1 saturated heterocycles. The molecule has 0 radical (unpaired) electrons. The second-order valence-corrected chi connectivity index (χ2v) is 8.47. The first-order chi connectivity index (χ1) is 17.6. The van der Waals surface area contributed by atoms with Crippen LogP contribution in [0, 0.1) is 0 Å². The lowest BCUT2D eigenvalue weighted by Gasteiger charge is -2.26. The molecule has 0 atom stereocenters. The molecular weight excluding hydrogens is 458 g/mol. The van der Waals surface area contributed by atoms with Gasteiger partial charge in [-0.1, -0.05) is 30.3 Å². The summed E-state index contributed by atoms with van der Waals surface area (Å²) >= 11 is 0. The Morgan fingerprint density at radius 2 is 1.75 bits per heavy atom. The van der Waals surface area contributed by atoms with Crippen molar-refractivity contribution in [2.75, 3.05) is 45.8 Å². The summed E-state index contributed by atoms with van der Waals surface area (Å²) < 4.78 is 15.5. The van der Waals surface area contributed by atoms with Gasteiger partial charge in [0.1, 0.15) is 17.1 Å². The molecule has 184 valence electrons. The zero-order valence-electron chi connectivity index (χ0n) is 20.2. The van der Waals surface area contributed by atoms with Gasteiger partial charge in [0.2, 0.25) is 0 Å². The summed E-state index contributed by atoms with van der Waals surface area (Å²) in [7, 11) is 2.85. The second-order valence-electron chi connectivity index (χ2n) is 8.47. The number of H-pyrrole nitrogens is 1. The van der Waals surface area contributed by atoms with Gasteiger partial charge < -0.3 is 29.4 Å². The fourth-order valence-corrected chi connectivity index (χ4v) is 4.41. The molecule has 2 N–H and O–H groups in total. The average molecular weight is 486 g/mol. The van der Waals surface area contributed by atoms with Gasteiger partial charge in [0, 0.05) is 41.4 Å². The molecule has 2 heterocycles. The fourth-order valence-electron chi connectivity index (χ4n) is 4.41. The first kappa shape index (κ1) is 23.4. The summed E-state index contributed by atoms with van der Waals surface area (Å²) in [6.45, 7) is 2.40. The Morgan fingerprint density at radius 1 is 0.972 bits per heavy atom. The Bertz CT molecular complexity index is 1400. The molecule has 1 aromatic heterocycles. The molecule has 1 aliphatic heterocycles. The minimum Gasteiger partial charge on any atom is -0.496 e. The first-order valence-corrected chi connectivity index (χ1v) is 11.7. The van der Waals surface area contributed by atoms with E-state index in [4.69, 9.17) is 14.2 Å². The molecule has 0 saturated carbocycles. The first-order valence-electron chi connectivity index (χ1n) is 11.7. The number of anilines is 2. The van der Waals surface area contributed by atoms with Crippen LogP contribution < -0.4 is 10.1 Å². The number of nitrogens with zero attached hydrogens (tertiary/aromatic N) is 1. The van der Waals surface area contributed by atoms with Gasteiger partial charge in [-0.05, 0) is 35.9 Å². The number of methoxy groups -OCH3 is 2. The summed E-state index contributed by atoms with van der Waals surface area (Å²) in [5.74, 6) is 0.800. The predicted octanol–water partition coefficient (Wildman–Crippen LogP) is 4.85. The van der Waals surface area contributed by atoms with Gasteiger partial charge in [-0.25, -0.2) is 4.79 Å². The van der Waals surface area contributed by atoms with Gasteiger partial charge in [0.05, 0.1) is 33.0 Å². The third-order valence-electron chi connectivity index (χ3n) is 6.28. The Morgan fingerprint density at radius 3 is 2.47 bits per heavy atom. The summed E-state index contributed by atoms with van der Waals surface area (Å²) in [4.78, 5) is 30.0. The minimum atomic E-state index is -0.452. The lowest BCUT2D eigenvalue weighted by atomic mass is 10.0. The van der Waals surface area contributed by atoms with E-state index in [0.29, 0.717) is 43.2 Å². The Hall–Kier alpha value is -4.30. The van der Waals surface area contributed by atoms with E-state index < -0.39 is 5.97 Å². The molecule has 36 heavy (non-hydrogen) atoms. The minimum absolute atomic E-state index is 0.0306. The summed E-state index contributed by atoms with van der Waals surface area (Å²) in [6.07, 6.45) is 0. The van der Waals surface area contributed by atoms with Crippen LogP contribution in [-0.4, -0.2) is 62.3 Å². The number of carbonyl (C=O) groups excluding carboxylic acids is 2. The van der Waals surface area contributed by atoms with Gasteiger partial charge in [0.15, 0.2) is 0 Å². The predicted molar refractivity (Wildman–Crippen MR) is 138 cm³/mol. The van der Waals surface area contributed by atoms with Gasteiger partial charge >= 0.3 is 5.97 Å². The number of para-hydroxylation sites is 1. The monoisotopic (exact) mass is 485 g/mol. The molecule has 8 heteroatoms. The molecule has 0 bridgehead atoms. The van der Waals surface area contributed by atoms with Gasteiger partial charge in [-0.2, -0.15) is 0 Å². The Kier molecular flexibility index (Phi) is 6.60. The molecule has 0 spiro atoms. The summed E-state index contributed by atoms with van der Waals surface area (Å²) in [5.41, 5.74) is 4.82. The number of nitrogens with one attached hydrogen (secondary N) is 2. The van der Waals surface area contributed by atoms with E-state index in [0.717, 1.165) is 33.5 Å². The van der Waals surface area contributed by atoms with Crippen LogP contribution >= 0.6 is 0 Å². The summed E-state index contributed by atoms with van der Waals surface area (Å²) in [6, 6.07) is 21.1. The van der Waals surface area contributed by atoms with Crippen molar-refractivity contribution in [3.63, 3.8) is 0 Å². The van der Waals surface area contributed by atoms with E-state index in [9.17, 15) is 9.59 Å². The molecule has 1 fully saturated rings. The van der Waals surface area contributed by atoms with E-state index in [1.807, 2.05) is 47.4 Å². The van der Waals surface area contributed by atoms with E-state index in [1.54, 1.807) is 18.2 Å². The van der Waals surface area contributed by atoms with Crippen LogP contribution in [0.15, 0.2) is 66.7 Å². The molecule has 0 unspecified atom stereocenters. The van der Waals surface area contributed by atoms with Crippen molar-refractivity contribution in [1.82, 2.24) is 9.88 Å². The average Bonchev–Trinajstić information content (AvgIpc) is 3.35. The maximum atomic E-state index is 12.8. The lowest BCUT2D eigenvalue weighted by Crippen LogP contribution is -2.40.